The Hall–Kier alpha value is -2.08. The van der Waals surface area contributed by atoms with Gasteiger partial charge in [0, 0.05) is 0 Å². The number of hydrogen-bond acceptors (Lipinski definition) is 5. The molecule has 2 fully saturated rings. The molecule has 6 heteroatoms. The zero-order chi connectivity index (χ0) is 28.3. The number of rotatable bonds is 16. The number of carbonyl (C=O) groups excluding carboxylic acids is 1. The van der Waals surface area contributed by atoms with E-state index in [0.717, 1.165) is 76.2 Å². The zero-order valence-corrected chi connectivity index (χ0v) is 24.7. The van der Waals surface area contributed by atoms with Gasteiger partial charge in [0.2, 0.25) is 0 Å². The summed E-state index contributed by atoms with van der Waals surface area (Å²) in [6, 6.07) is 5.95. The highest BCUT2D eigenvalue weighted by atomic mass is 16.5. The largest absolute Gasteiger partial charge is 0.482 e. The maximum absolute atomic E-state index is 13.2. The Bertz CT molecular complexity index is 938. The first-order valence-electron chi connectivity index (χ1n) is 16.3. The quantitative estimate of drug-likeness (QED) is 0.164. The molecule has 0 radical (unpaired) electrons. The van der Waals surface area contributed by atoms with E-state index < -0.39 is 5.97 Å². The van der Waals surface area contributed by atoms with Gasteiger partial charge in [0.15, 0.2) is 6.61 Å². The molecule has 224 valence electrons. The van der Waals surface area contributed by atoms with Crippen LogP contribution in [0.3, 0.4) is 0 Å². The molecule has 0 unspecified atom stereocenters. The minimum Gasteiger partial charge on any atom is -0.482 e. The summed E-state index contributed by atoms with van der Waals surface area (Å²) < 4.78 is 12.0. The maximum Gasteiger partial charge on any atom is 0.341 e. The normalized spacial score (nSPS) is 25.1. The molecule has 0 aliphatic heterocycles. The molecule has 40 heavy (non-hydrogen) atoms. The van der Waals surface area contributed by atoms with E-state index in [-0.39, 0.29) is 36.6 Å². The Labute approximate surface area is 241 Å². The second-order valence-corrected chi connectivity index (χ2v) is 12.8. The molecule has 0 spiro atoms. The van der Waals surface area contributed by atoms with Crippen molar-refractivity contribution < 1.29 is 29.3 Å². The Morgan fingerprint density at radius 3 is 2.48 bits per heavy atom. The number of aliphatic hydroxyl groups is 1. The molecule has 3 aliphatic rings. The number of benzene rings is 1. The number of esters is 1. The van der Waals surface area contributed by atoms with Crippen LogP contribution in [0.15, 0.2) is 18.2 Å². The Kier molecular flexibility index (Phi) is 12.2. The predicted octanol–water partition coefficient (Wildman–Crippen LogP) is 7.27. The Balaban J connectivity index is 1.38. The number of aliphatic hydroxyl groups excluding tert-OH is 1. The second-order valence-electron chi connectivity index (χ2n) is 12.8. The van der Waals surface area contributed by atoms with E-state index in [2.05, 4.69) is 13.0 Å². The third kappa shape index (κ3) is 8.71. The molecular weight excluding hydrogens is 504 g/mol. The number of aliphatic carboxylic acids is 1. The van der Waals surface area contributed by atoms with Gasteiger partial charge < -0.3 is 19.7 Å². The first-order chi connectivity index (χ1) is 19.5. The molecule has 1 aromatic rings. The van der Waals surface area contributed by atoms with Crippen LogP contribution in [-0.4, -0.2) is 41.0 Å². The number of unbranched alkanes of at least 4 members (excludes halogenated alkanes) is 6. The summed E-state index contributed by atoms with van der Waals surface area (Å²) in [7, 11) is 0. The topological polar surface area (TPSA) is 93.1 Å². The van der Waals surface area contributed by atoms with Crippen LogP contribution >= 0.6 is 0 Å². The fourth-order valence-corrected chi connectivity index (χ4v) is 7.64. The van der Waals surface area contributed by atoms with E-state index in [1.807, 2.05) is 12.1 Å². The minimum atomic E-state index is -0.975. The maximum atomic E-state index is 13.2. The standard InChI is InChI=1S/C34H52O6/c1-2-3-4-5-6-7-11-16-27(35)18-19-28-29-20-25-15-12-17-31(39-23-33(36)37)30(25)21-26(29)22-32(28)40-34(38)24-13-9-8-10-14-24/h12,15,17,24,26-29,32,35H,2-11,13-14,16,18-23H2,1H3,(H,36,37)/t26-,27-,28+,29-,32+/m0/s1. The highest BCUT2D eigenvalue weighted by molar-refractivity contribution is 5.72. The SMILES string of the molecule is CCCCCCCCC[C@H](O)CC[C@@H]1[C@H]2Cc3cccc(OCC(=O)O)c3C[C@H]2C[C@H]1OC(=O)C1CCCCC1. The highest BCUT2D eigenvalue weighted by Gasteiger charge is 2.47. The number of carboxylic acid groups (broad SMARTS) is 1. The molecule has 4 rings (SSSR count). The van der Waals surface area contributed by atoms with Gasteiger partial charge >= 0.3 is 11.9 Å². The molecule has 0 amide bonds. The van der Waals surface area contributed by atoms with Gasteiger partial charge in [-0.2, -0.15) is 0 Å². The van der Waals surface area contributed by atoms with Crippen LogP contribution in [0.5, 0.6) is 5.75 Å². The molecule has 2 saturated carbocycles. The molecule has 0 heterocycles. The van der Waals surface area contributed by atoms with Crippen molar-refractivity contribution in [3.8, 4) is 5.75 Å². The van der Waals surface area contributed by atoms with Gasteiger partial charge in [-0.05, 0) is 86.3 Å². The predicted molar refractivity (Wildman–Crippen MR) is 156 cm³/mol. The second kappa shape index (κ2) is 15.8. The first kappa shape index (κ1) is 30.9. The van der Waals surface area contributed by atoms with Crippen LogP contribution in [0.2, 0.25) is 0 Å². The lowest BCUT2D eigenvalue weighted by Gasteiger charge is -2.33. The average molecular weight is 557 g/mol. The van der Waals surface area contributed by atoms with Crippen molar-refractivity contribution in [3.05, 3.63) is 29.3 Å². The van der Waals surface area contributed by atoms with Crippen LogP contribution in [0.4, 0.5) is 0 Å². The van der Waals surface area contributed by atoms with E-state index >= 15 is 0 Å². The van der Waals surface area contributed by atoms with Crippen molar-refractivity contribution >= 4 is 11.9 Å². The third-order valence-electron chi connectivity index (χ3n) is 9.85. The number of carboxylic acids is 1. The van der Waals surface area contributed by atoms with Gasteiger partial charge in [0.05, 0.1) is 12.0 Å². The van der Waals surface area contributed by atoms with E-state index in [9.17, 15) is 14.7 Å². The third-order valence-corrected chi connectivity index (χ3v) is 9.85. The van der Waals surface area contributed by atoms with Gasteiger partial charge in [0.1, 0.15) is 11.9 Å². The van der Waals surface area contributed by atoms with Gasteiger partial charge in [0.25, 0.3) is 0 Å². The fraction of sp³-hybridized carbons (Fsp3) is 0.765. The smallest absolute Gasteiger partial charge is 0.341 e. The summed E-state index contributed by atoms with van der Waals surface area (Å²) in [4.78, 5) is 24.3. The van der Waals surface area contributed by atoms with Crippen LogP contribution in [0.1, 0.15) is 121 Å². The van der Waals surface area contributed by atoms with Crippen molar-refractivity contribution in [1.82, 2.24) is 0 Å². The van der Waals surface area contributed by atoms with Crippen LogP contribution in [-0.2, 0) is 27.2 Å². The van der Waals surface area contributed by atoms with Crippen molar-refractivity contribution in [2.75, 3.05) is 6.61 Å². The van der Waals surface area contributed by atoms with Gasteiger partial charge in [-0.15, -0.1) is 0 Å². The number of ether oxygens (including phenoxy) is 2. The molecule has 3 aliphatic carbocycles. The Morgan fingerprint density at radius 2 is 1.73 bits per heavy atom. The molecule has 5 atom stereocenters. The van der Waals surface area contributed by atoms with Crippen LogP contribution in [0.25, 0.3) is 0 Å². The van der Waals surface area contributed by atoms with E-state index in [1.54, 1.807) is 0 Å². The zero-order valence-electron chi connectivity index (χ0n) is 24.7. The van der Waals surface area contributed by atoms with Gasteiger partial charge in [-0.25, -0.2) is 4.79 Å². The molecule has 6 nitrogen and oxygen atoms in total. The lowest BCUT2D eigenvalue weighted by Crippen LogP contribution is -2.31. The van der Waals surface area contributed by atoms with Gasteiger partial charge in [-0.3, -0.25) is 4.79 Å². The lowest BCUT2D eigenvalue weighted by atomic mass is 9.73. The van der Waals surface area contributed by atoms with E-state index in [0.29, 0.717) is 17.6 Å². The van der Waals surface area contributed by atoms with Crippen molar-refractivity contribution in [1.29, 1.82) is 0 Å². The summed E-state index contributed by atoms with van der Waals surface area (Å²) >= 11 is 0. The molecule has 0 bridgehead atoms. The van der Waals surface area contributed by atoms with Crippen molar-refractivity contribution in [3.63, 3.8) is 0 Å². The summed E-state index contributed by atoms with van der Waals surface area (Å²) in [6.45, 7) is 1.90. The monoisotopic (exact) mass is 556 g/mol. The van der Waals surface area contributed by atoms with Crippen LogP contribution in [0, 0.1) is 23.7 Å². The molecule has 0 saturated heterocycles. The lowest BCUT2D eigenvalue weighted by molar-refractivity contribution is -0.157. The highest BCUT2D eigenvalue weighted by Crippen LogP contribution is 2.50. The summed E-state index contributed by atoms with van der Waals surface area (Å²) in [5, 5.41) is 20.0. The molecule has 1 aromatic carbocycles. The van der Waals surface area contributed by atoms with Crippen LogP contribution < -0.4 is 4.74 Å². The first-order valence-corrected chi connectivity index (χ1v) is 16.3. The van der Waals surface area contributed by atoms with Crippen molar-refractivity contribution in [2.45, 2.75) is 135 Å². The Morgan fingerprint density at radius 1 is 0.975 bits per heavy atom. The summed E-state index contributed by atoms with van der Waals surface area (Å²) in [5.41, 5.74) is 2.33. The minimum absolute atomic E-state index is 0.0139. The van der Waals surface area contributed by atoms with E-state index in [1.165, 1.54) is 50.5 Å². The average Bonchev–Trinajstić information content (AvgIpc) is 3.29. The molecule has 2 N–H and O–H groups in total. The molecular formula is C34H52O6. The van der Waals surface area contributed by atoms with E-state index in [4.69, 9.17) is 14.6 Å². The number of carbonyl (C=O) groups is 2. The van der Waals surface area contributed by atoms with Gasteiger partial charge in [-0.1, -0.05) is 83.3 Å². The molecule has 0 aromatic heterocycles. The fourth-order valence-electron chi connectivity index (χ4n) is 7.64. The number of hydrogen-bond donors (Lipinski definition) is 2. The summed E-state index contributed by atoms with van der Waals surface area (Å²) in [5.74, 6) is 0.736. The number of fused-ring (bicyclic) bond motifs is 2. The summed E-state index contributed by atoms with van der Waals surface area (Å²) in [6.07, 6.45) is 18.7. The van der Waals surface area contributed by atoms with Crippen molar-refractivity contribution in [2.24, 2.45) is 23.7 Å².